The minimum Gasteiger partial charge on any atom is -0.0843 e. The van der Waals surface area contributed by atoms with E-state index in [4.69, 9.17) is 11.6 Å². The molecule has 5 rings (SSSR count). The molecule has 1 aliphatic rings. The molecule has 0 aromatic heterocycles. The van der Waals surface area contributed by atoms with Gasteiger partial charge in [-0.15, -0.1) is 0 Å². The lowest BCUT2D eigenvalue weighted by molar-refractivity contribution is 0.572. The molecule has 0 fully saturated rings. The number of benzene rings is 4. The fraction of sp³-hybridized carbons (Fsp3) is 0.200. The van der Waals surface area contributed by atoms with Crippen LogP contribution < -0.4 is 0 Å². The van der Waals surface area contributed by atoms with Crippen molar-refractivity contribution in [3.05, 3.63) is 129 Å². The Balaban J connectivity index is 2.05. The molecule has 0 unspecified atom stereocenters. The van der Waals surface area contributed by atoms with Crippen LogP contribution in [0.4, 0.5) is 0 Å². The van der Waals surface area contributed by atoms with Gasteiger partial charge in [-0.05, 0) is 63.4 Å². The summed E-state index contributed by atoms with van der Waals surface area (Å²) < 4.78 is 0. The highest BCUT2D eigenvalue weighted by Gasteiger charge is 2.48. The molecule has 31 heavy (non-hydrogen) atoms. The molecule has 0 spiro atoms. The molecule has 0 amide bonds. The van der Waals surface area contributed by atoms with E-state index in [0.29, 0.717) is 0 Å². The Kier molecular flexibility index (Phi) is 4.61. The number of fused-ring (bicyclic) bond motifs is 3. The van der Waals surface area contributed by atoms with Gasteiger partial charge in [0, 0.05) is 5.02 Å². The first-order valence-electron chi connectivity index (χ1n) is 10.9. The Labute approximate surface area is 190 Å². The first-order chi connectivity index (χ1) is 14.8. The molecule has 154 valence electrons. The topological polar surface area (TPSA) is 0 Å². The van der Waals surface area contributed by atoms with E-state index in [0.717, 1.165) is 5.02 Å². The van der Waals surface area contributed by atoms with Crippen LogP contribution in [0.1, 0.15) is 54.2 Å². The third kappa shape index (κ3) is 2.97. The van der Waals surface area contributed by atoms with Gasteiger partial charge in [-0.1, -0.05) is 117 Å². The molecule has 0 N–H and O–H groups in total. The Morgan fingerprint density at radius 2 is 1.26 bits per heavy atom. The van der Waals surface area contributed by atoms with E-state index in [1.165, 1.54) is 44.5 Å². The average molecular weight is 423 g/mol. The van der Waals surface area contributed by atoms with Gasteiger partial charge in [0.25, 0.3) is 0 Å². The Morgan fingerprint density at radius 1 is 0.677 bits per heavy atom. The Bertz CT molecular complexity index is 1220. The van der Waals surface area contributed by atoms with Crippen molar-refractivity contribution >= 4 is 11.6 Å². The molecule has 1 heteroatoms. The summed E-state index contributed by atoms with van der Waals surface area (Å²) in [7, 11) is 0. The molecular formula is C30H27Cl. The summed E-state index contributed by atoms with van der Waals surface area (Å²) in [6.07, 6.45) is 0. The van der Waals surface area contributed by atoms with Gasteiger partial charge in [-0.3, -0.25) is 0 Å². The first-order valence-corrected chi connectivity index (χ1v) is 11.3. The number of hydrogen-bond acceptors (Lipinski definition) is 0. The highest BCUT2D eigenvalue weighted by molar-refractivity contribution is 6.31. The van der Waals surface area contributed by atoms with E-state index in [9.17, 15) is 0 Å². The van der Waals surface area contributed by atoms with Crippen molar-refractivity contribution in [3.63, 3.8) is 0 Å². The molecule has 0 radical (unpaired) electrons. The Hall–Kier alpha value is -2.83. The quantitative estimate of drug-likeness (QED) is 0.268. The fourth-order valence-corrected chi connectivity index (χ4v) is 5.51. The third-order valence-corrected chi connectivity index (χ3v) is 6.79. The monoisotopic (exact) mass is 422 g/mol. The molecule has 0 saturated heterocycles. The van der Waals surface area contributed by atoms with Crippen LogP contribution in [-0.2, 0) is 10.8 Å². The minimum atomic E-state index is -0.381. The summed E-state index contributed by atoms with van der Waals surface area (Å²) in [5.74, 6) is 0. The van der Waals surface area contributed by atoms with Crippen LogP contribution in [0, 0.1) is 6.92 Å². The molecule has 4 aromatic carbocycles. The summed E-state index contributed by atoms with van der Waals surface area (Å²) in [5, 5.41) is 0.778. The van der Waals surface area contributed by atoms with E-state index in [-0.39, 0.29) is 10.8 Å². The van der Waals surface area contributed by atoms with Crippen molar-refractivity contribution < 1.29 is 0 Å². The minimum absolute atomic E-state index is 0.00322. The van der Waals surface area contributed by atoms with E-state index in [1.807, 2.05) is 6.07 Å². The van der Waals surface area contributed by atoms with Gasteiger partial charge in [0.2, 0.25) is 0 Å². The Morgan fingerprint density at radius 3 is 1.81 bits per heavy atom. The first kappa shape index (κ1) is 20.1. The summed E-state index contributed by atoms with van der Waals surface area (Å²) in [6, 6.07) is 33.0. The highest BCUT2D eigenvalue weighted by atomic mass is 35.5. The molecule has 1 aliphatic carbocycles. The van der Waals surface area contributed by atoms with Crippen LogP contribution in [-0.4, -0.2) is 0 Å². The maximum absolute atomic E-state index is 6.54. The number of halogens is 1. The van der Waals surface area contributed by atoms with Crippen LogP contribution in [0.3, 0.4) is 0 Å². The second-order valence-electron chi connectivity index (χ2n) is 9.66. The molecule has 0 atom stereocenters. The largest absolute Gasteiger partial charge is 0.0843 e. The molecule has 0 aliphatic heterocycles. The zero-order chi connectivity index (χ0) is 21.8. The predicted molar refractivity (Wildman–Crippen MR) is 132 cm³/mol. The van der Waals surface area contributed by atoms with Gasteiger partial charge in [-0.25, -0.2) is 0 Å². The number of rotatable bonds is 2. The van der Waals surface area contributed by atoms with Gasteiger partial charge in [0.15, 0.2) is 0 Å². The number of aryl methyl sites for hydroxylation is 1. The lowest BCUT2D eigenvalue weighted by atomic mass is 9.64. The second-order valence-corrected chi connectivity index (χ2v) is 10.1. The zero-order valence-corrected chi connectivity index (χ0v) is 19.3. The lowest BCUT2D eigenvalue weighted by Crippen LogP contribution is -2.32. The summed E-state index contributed by atoms with van der Waals surface area (Å²) in [5.41, 5.74) is 10.1. The highest BCUT2D eigenvalue weighted by Crippen LogP contribution is 2.59. The second kappa shape index (κ2) is 7.11. The zero-order valence-electron chi connectivity index (χ0n) is 18.5. The van der Waals surface area contributed by atoms with Crippen molar-refractivity contribution in [3.8, 4) is 11.1 Å². The van der Waals surface area contributed by atoms with Crippen LogP contribution >= 0.6 is 11.6 Å². The van der Waals surface area contributed by atoms with Crippen molar-refractivity contribution in [2.45, 2.75) is 38.5 Å². The van der Waals surface area contributed by atoms with Crippen LogP contribution in [0.25, 0.3) is 11.1 Å². The normalized spacial score (nSPS) is 14.2. The van der Waals surface area contributed by atoms with E-state index >= 15 is 0 Å². The summed E-state index contributed by atoms with van der Waals surface area (Å²) >= 11 is 6.54. The standard InChI is InChI=1S/C30H27Cl/c1-20-17-25-24-19-23(31)15-16-26(24)30(21-11-7-5-8-12-21,22-13-9-6-10-14-22)28(25)27(18-20)29(2,3)4/h5-19H,1-4H3. The maximum atomic E-state index is 6.54. The van der Waals surface area contributed by atoms with E-state index < -0.39 is 0 Å². The molecule has 0 nitrogen and oxygen atoms in total. The SMILES string of the molecule is Cc1cc2c(c(C(C)(C)C)c1)C(c1ccccc1)(c1ccccc1)c1ccc(Cl)cc1-2. The maximum Gasteiger partial charge on any atom is 0.0716 e. The van der Waals surface area contributed by atoms with E-state index in [2.05, 4.69) is 113 Å². The summed E-state index contributed by atoms with van der Waals surface area (Å²) in [6.45, 7) is 9.15. The van der Waals surface area contributed by atoms with Gasteiger partial charge in [0.05, 0.1) is 5.41 Å². The number of hydrogen-bond donors (Lipinski definition) is 0. The third-order valence-electron chi connectivity index (χ3n) is 6.56. The molecule has 4 aromatic rings. The summed E-state index contributed by atoms with van der Waals surface area (Å²) in [4.78, 5) is 0. The van der Waals surface area contributed by atoms with Gasteiger partial charge in [-0.2, -0.15) is 0 Å². The van der Waals surface area contributed by atoms with Crippen molar-refractivity contribution in [2.75, 3.05) is 0 Å². The van der Waals surface area contributed by atoms with Crippen molar-refractivity contribution in [1.29, 1.82) is 0 Å². The molecule has 0 heterocycles. The average Bonchev–Trinajstić information content (AvgIpc) is 3.04. The lowest BCUT2D eigenvalue weighted by Gasteiger charge is -2.37. The van der Waals surface area contributed by atoms with E-state index in [1.54, 1.807) is 0 Å². The molecule has 0 bridgehead atoms. The van der Waals surface area contributed by atoms with Crippen LogP contribution in [0.2, 0.25) is 5.02 Å². The van der Waals surface area contributed by atoms with Crippen LogP contribution in [0.15, 0.2) is 91.0 Å². The van der Waals surface area contributed by atoms with Crippen molar-refractivity contribution in [2.24, 2.45) is 0 Å². The van der Waals surface area contributed by atoms with Gasteiger partial charge >= 0.3 is 0 Å². The fourth-order valence-electron chi connectivity index (χ4n) is 5.34. The smallest absolute Gasteiger partial charge is 0.0716 e. The van der Waals surface area contributed by atoms with Gasteiger partial charge in [0.1, 0.15) is 0 Å². The predicted octanol–water partition coefficient (Wildman–Crippen LogP) is 8.31. The van der Waals surface area contributed by atoms with Crippen LogP contribution in [0.5, 0.6) is 0 Å². The molecular weight excluding hydrogens is 396 g/mol. The van der Waals surface area contributed by atoms with Gasteiger partial charge < -0.3 is 0 Å². The van der Waals surface area contributed by atoms with Crippen molar-refractivity contribution in [1.82, 2.24) is 0 Å². The molecule has 0 saturated carbocycles.